The molecule has 1 atom stereocenters. The number of carbonyl (C=O) groups excluding carboxylic acids is 2. The summed E-state index contributed by atoms with van der Waals surface area (Å²) in [7, 11) is 0. The van der Waals surface area contributed by atoms with Gasteiger partial charge in [0.25, 0.3) is 0 Å². The van der Waals surface area contributed by atoms with Gasteiger partial charge in [0.2, 0.25) is 5.91 Å². The molecule has 0 aliphatic rings. The average molecular weight is 376 g/mol. The minimum atomic E-state index is -1.26. The highest BCUT2D eigenvalue weighted by molar-refractivity contribution is 6.30. The van der Waals surface area contributed by atoms with E-state index >= 15 is 0 Å². The highest BCUT2D eigenvalue weighted by atomic mass is 35.5. The lowest BCUT2D eigenvalue weighted by Gasteiger charge is -2.17. The van der Waals surface area contributed by atoms with Crippen LogP contribution in [-0.4, -0.2) is 31.0 Å². The van der Waals surface area contributed by atoms with E-state index in [1.54, 1.807) is 29.6 Å². The zero-order chi connectivity index (χ0) is 18.9. The minimum Gasteiger partial charge on any atom is -0.544 e. The van der Waals surface area contributed by atoms with Crippen molar-refractivity contribution in [1.29, 1.82) is 0 Å². The Morgan fingerprint density at radius 3 is 2.54 bits per heavy atom. The van der Waals surface area contributed by atoms with Gasteiger partial charge in [0.15, 0.2) is 0 Å². The SMILES string of the molecule is Cc1cccc(NCC[NH2+][C@H](CC(=O)Nc2ccc(Cl)cc2)C(=O)[O-])c1. The smallest absolute Gasteiger partial charge is 0.230 e. The standard InChI is InChI=1S/C19H22ClN3O3/c1-13-3-2-4-16(11-13)21-9-10-22-17(19(25)26)12-18(24)23-15-7-5-14(20)6-8-15/h2-8,11,17,21-22H,9-10,12H2,1H3,(H,23,24)(H,25,26)/t17-/m1/s1. The van der Waals surface area contributed by atoms with Crippen LogP contribution in [0.5, 0.6) is 0 Å². The van der Waals surface area contributed by atoms with Crippen LogP contribution in [0.15, 0.2) is 48.5 Å². The number of aliphatic carboxylic acids is 1. The second-order valence-corrected chi connectivity index (χ2v) is 6.44. The van der Waals surface area contributed by atoms with Crippen molar-refractivity contribution in [1.82, 2.24) is 0 Å². The molecule has 0 unspecified atom stereocenters. The average Bonchev–Trinajstić information content (AvgIpc) is 2.59. The van der Waals surface area contributed by atoms with Gasteiger partial charge in [-0.25, -0.2) is 0 Å². The van der Waals surface area contributed by atoms with Gasteiger partial charge in [-0.2, -0.15) is 0 Å². The predicted octanol–water partition coefficient (Wildman–Crippen LogP) is 0.771. The topological polar surface area (TPSA) is 97.9 Å². The zero-order valence-corrected chi connectivity index (χ0v) is 15.3. The number of carboxylic acid groups (broad SMARTS) is 1. The molecule has 0 heterocycles. The lowest BCUT2D eigenvalue weighted by atomic mass is 10.2. The van der Waals surface area contributed by atoms with Gasteiger partial charge in [-0.05, 0) is 48.9 Å². The molecule has 0 bridgehead atoms. The number of anilines is 2. The fourth-order valence-corrected chi connectivity index (χ4v) is 2.59. The van der Waals surface area contributed by atoms with Crippen LogP contribution in [0, 0.1) is 6.92 Å². The van der Waals surface area contributed by atoms with Crippen LogP contribution in [0.25, 0.3) is 0 Å². The molecular weight excluding hydrogens is 354 g/mol. The number of carbonyl (C=O) groups is 2. The molecule has 1 amide bonds. The van der Waals surface area contributed by atoms with Crippen LogP contribution >= 0.6 is 11.6 Å². The maximum atomic E-state index is 12.0. The first-order valence-corrected chi connectivity index (χ1v) is 8.72. The van der Waals surface area contributed by atoms with Gasteiger partial charge in [0, 0.05) is 16.4 Å². The summed E-state index contributed by atoms with van der Waals surface area (Å²) >= 11 is 5.79. The number of benzene rings is 2. The van der Waals surface area contributed by atoms with Crippen molar-refractivity contribution in [2.24, 2.45) is 0 Å². The van der Waals surface area contributed by atoms with Gasteiger partial charge in [0.05, 0.1) is 25.5 Å². The molecule has 0 radical (unpaired) electrons. The largest absolute Gasteiger partial charge is 0.544 e. The van der Waals surface area contributed by atoms with Gasteiger partial charge in [-0.1, -0.05) is 23.7 Å². The third-order valence-corrected chi connectivity index (χ3v) is 4.03. The van der Waals surface area contributed by atoms with Crippen LogP contribution in [0.1, 0.15) is 12.0 Å². The summed E-state index contributed by atoms with van der Waals surface area (Å²) in [6.07, 6.45) is -0.171. The predicted molar refractivity (Wildman–Crippen MR) is 100.0 cm³/mol. The van der Waals surface area contributed by atoms with Crippen molar-refractivity contribution in [2.75, 3.05) is 23.7 Å². The van der Waals surface area contributed by atoms with Gasteiger partial charge in [0.1, 0.15) is 6.04 Å². The zero-order valence-electron chi connectivity index (χ0n) is 14.5. The molecule has 4 N–H and O–H groups in total. The maximum absolute atomic E-state index is 12.0. The van der Waals surface area contributed by atoms with E-state index < -0.39 is 12.0 Å². The van der Waals surface area contributed by atoms with Crippen LogP contribution in [-0.2, 0) is 9.59 Å². The fraction of sp³-hybridized carbons (Fsp3) is 0.263. The second-order valence-electron chi connectivity index (χ2n) is 6.01. The second kappa shape index (κ2) is 9.79. The number of rotatable bonds is 9. The Morgan fingerprint density at radius 1 is 1.15 bits per heavy atom. The summed E-state index contributed by atoms with van der Waals surface area (Å²) in [4.78, 5) is 23.3. The van der Waals surface area contributed by atoms with Crippen molar-refractivity contribution < 1.29 is 20.0 Å². The minimum absolute atomic E-state index is 0.171. The summed E-state index contributed by atoms with van der Waals surface area (Å²) in [5.74, 6) is -1.64. The molecule has 0 saturated carbocycles. The Kier molecular flexibility index (Phi) is 7.44. The number of hydrogen-bond acceptors (Lipinski definition) is 4. The van der Waals surface area contributed by atoms with E-state index in [1.807, 2.05) is 31.2 Å². The van der Waals surface area contributed by atoms with E-state index in [2.05, 4.69) is 10.6 Å². The Bertz CT molecular complexity index is 750. The van der Waals surface area contributed by atoms with Crippen molar-refractivity contribution in [2.45, 2.75) is 19.4 Å². The molecule has 2 rings (SSSR count). The van der Waals surface area contributed by atoms with Crippen molar-refractivity contribution in [3.8, 4) is 0 Å². The van der Waals surface area contributed by atoms with Crippen LogP contribution in [0.3, 0.4) is 0 Å². The molecule has 0 fully saturated rings. The first kappa shape index (κ1) is 19.8. The first-order chi connectivity index (χ1) is 12.4. The molecule has 2 aromatic rings. The van der Waals surface area contributed by atoms with E-state index in [-0.39, 0.29) is 12.3 Å². The quantitative estimate of drug-likeness (QED) is 0.564. The first-order valence-electron chi connectivity index (χ1n) is 8.34. The molecule has 0 aliphatic heterocycles. The number of hydrogen-bond donors (Lipinski definition) is 3. The van der Waals surface area contributed by atoms with Crippen LogP contribution < -0.4 is 21.1 Å². The molecule has 138 valence electrons. The van der Waals surface area contributed by atoms with Gasteiger partial charge >= 0.3 is 0 Å². The normalized spacial score (nSPS) is 11.6. The molecule has 2 aromatic carbocycles. The molecular formula is C19H22ClN3O3. The molecule has 7 heteroatoms. The molecule has 6 nitrogen and oxygen atoms in total. The maximum Gasteiger partial charge on any atom is 0.230 e. The van der Waals surface area contributed by atoms with E-state index in [4.69, 9.17) is 11.6 Å². The number of nitrogens with one attached hydrogen (secondary N) is 2. The summed E-state index contributed by atoms with van der Waals surface area (Å²) in [6, 6.07) is 13.6. The Hall–Kier alpha value is -2.57. The Balaban J connectivity index is 1.77. The molecule has 26 heavy (non-hydrogen) atoms. The van der Waals surface area contributed by atoms with Gasteiger partial charge < -0.3 is 25.9 Å². The lowest BCUT2D eigenvalue weighted by Crippen LogP contribution is -2.94. The number of nitrogens with two attached hydrogens (primary N) is 1. The summed E-state index contributed by atoms with van der Waals surface area (Å²) in [5, 5.41) is 19.3. The van der Waals surface area contributed by atoms with E-state index in [0.717, 1.165) is 11.3 Å². The van der Waals surface area contributed by atoms with Gasteiger partial charge in [-0.3, -0.25) is 4.79 Å². The highest BCUT2D eigenvalue weighted by Crippen LogP contribution is 2.13. The molecule has 0 aromatic heterocycles. The Morgan fingerprint density at radius 2 is 1.88 bits per heavy atom. The van der Waals surface area contributed by atoms with Gasteiger partial charge in [-0.15, -0.1) is 0 Å². The van der Waals surface area contributed by atoms with Crippen LogP contribution in [0.2, 0.25) is 5.02 Å². The fourth-order valence-electron chi connectivity index (χ4n) is 2.46. The van der Waals surface area contributed by atoms with Crippen molar-refractivity contribution in [3.05, 3.63) is 59.1 Å². The number of quaternary nitrogens is 1. The number of amides is 1. The number of aryl methyl sites for hydroxylation is 1. The lowest BCUT2D eigenvalue weighted by molar-refractivity contribution is -0.680. The third kappa shape index (κ3) is 6.74. The summed E-state index contributed by atoms with van der Waals surface area (Å²) in [6.45, 7) is 3.08. The monoisotopic (exact) mass is 375 g/mol. The molecule has 0 saturated heterocycles. The van der Waals surface area contributed by atoms with E-state index in [9.17, 15) is 14.7 Å². The highest BCUT2D eigenvalue weighted by Gasteiger charge is 2.18. The van der Waals surface area contributed by atoms with E-state index in [0.29, 0.717) is 23.8 Å². The molecule has 0 spiro atoms. The van der Waals surface area contributed by atoms with Crippen molar-refractivity contribution in [3.63, 3.8) is 0 Å². The van der Waals surface area contributed by atoms with Crippen LogP contribution in [0.4, 0.5) is 11.4 Å². The summed E-state index contributed by atoms with van der Waals surface area (Å²) < 4.78 is 0. The van der Waals surface area contributed by atoms with Crippen molar-refractivity contribution >= 4 is 34.9 Å². The number of carboxylic acids is 1. The van der Waals surface area contributed by atoms with E-state index in [1.165, 1.54) is 0 Å². The summed E-state index contributed by atoms with van der Waals surface area (Å²) in [5.41, 5.74) is 2.69. The molecule has 0 aliphatic carbocycles. The Labute approximate surface area is 157 Å². The number of halogens is 1. The third-order valence-electron chi connectivity index (χ3n) is 3.78.